The quantitative estimate of drug-likeness (QED) is 0.757. The number of hydrogen-bond donors (Lipinski definition) is 2. The molecule has 0 saturated carbocycles. The number of nitrogens with zero attached hydrogens (tertiary/aromatic N) is 1. The zero-order valence-electron chi connectivity index (χ0n) is 7.17. The Kier molecular flexibility index (Phi) is 2.99. The second-order valence-corrected chi connectivity index (χ2v) is 2.77. The predicted molar refractivity (Wildman–Crippen MR) is 45.2 cm³/mol. The van der Waals surface area contributed by atoms with Crippen LogP contribution in [-0.2, 0) is 0 Å². The third-order valence-electron chi connectivity index (χ3n) is 1.80. The van der Waals surface area contributed by atoms with E-state index in [1.54, 1.807) is 6.07 Å². The van der Waals surface area contributed by atoms with Crippen LogP contribution in [-0.4, -0.2) is 5.11 Å². The molecule has 3 nitrogen and oxygen atoms in total. The molecule has 0 saturated heterocycles. The highest BCUT2D eigenvalue weighted by atomic mass is 19.2. The summed E-state index contributed by atoms with van der Waals surface area (Å²) in [5, 5.41) is 17.1. The van der Waals surface area contributed by atoms with Crippen molar-refractivity contribution in [3.8, 4) is 11.8 Å². The van der Waals surface area contributed by atoms with E-state index in [1.165, 1.54) is 0 Å². The molecule has 74 valence electrons. The van der Waals surface area contributed by atoms with Gasteiger partial charge < -0.3 is 10.8 Å². The van der Waals surface area contributed by atoms with Crippen molar-refractivity contribution in [3.63, 3.8) is 0 Å². The lowest BCUT2D eigenvalue weighted by Gasteiger charge is -2.09. The first-order valence-electron chi connectivity index (χ1n) is 3.87. The minimum atomic E-state index is -1.34. The molecule has 1 atom stereocenters. The highest BCUT2D eigenvalue weighted by Crippen LogP contribution is 2.25. The van der Waals surface area contributed by atoms with Crippen molar-refractivity contribution in [2.24, 2.45) is 5.73 Å². The summed E-state index contributed by atoms with van der Waals surface area (Å²) in [4.78, 5) is 0. The van der Waals surface area contributed by atoms with Crippen LogP contribution in [0.25, 0.3) is 0 Å². The highest BCUT2D eigenvalue weighted by Gasteiger charge is 2.17. The molecule has 14 heavy (non-hydrogen) atoms. The zero-order chi connectivity index (χ0) is 10.7. The summed E-state index contributed by atoms with van der Waals surface area (Å²) in [6.07, 6.45) is -0.110. The number of benzene rings is 1. The van der Waals surface area contributed by atoms with Crippen molar-refractivity contribution in [1.29, 1.82) is 5.26 Å². The Morgan fingerprint density at radius 3 is 2.64 bits per heavy atom. The summed E-state index contributed by atoms with van der Waals surface area (Å²) < 4.78 is 25.9. The molecule has 1 aromatic carbocycles. The Morgan fingerprint density at radius 1 is 1.43 bits per heavy atom. The third kappa shape index (κ3) is 1.80. The summed E-state index contributed by atoms with van der Waals surface area (Å²) in [5.74, 6) is -3.31. The van der Waals surface area contributed by atoms with Crippen LogP contribution in [0.4, 0.5) is 8.78 Å². The van der Waals surface area contributed by atoms with Gasteiger partial charge in [0.15, 0.2) is 11.6 Å². The Labute approximate surface area is 79.4 Å². The molecular formula is C9H8F2N2O. The molecule has 0 spiro atoms. The van der Waals surface area contributed by atoms with Gasteiger partial charge in [-0.25, -0.2) is 4.39 Å². The van der Waals surface area contributed by atoms with Gasteiger partial charge in [0, 0.05) is 11.6 Å². The van der Waals surface area contributed by atoms with Crippen LogP contribution in [0, 0.1) is 23.0 Å². The topological polar surface area (TPSA) is 70.0 Å². The van der Waals surface area contributed by atoms with Gasteiger partial charge in [0.2, 0.25) is 5.82 Å². The van der Waals surface area contributed by atoms with Crippen LogP contribution in [0.1, 0.15) is 18.0 Å². The molecule has 0 aromatic heterocycles. The van der Waals surface area contributed by atoms with Crippen molar-refractivity contribution in [1.82, 2.24) is 0 Å². The molecule has 0 aliphatic carbocycles. The monoisotopic (exact) mass is 198 g/mol. The number of halogens is 2. The van der Waals surface area contributed by atoms with E-state index >= 15 is 0 Å². The van der Waals surface area contributed by atoms with E-state index < -0.39 is 23.4 Å². The maximum atomic E-state index is 13.1. The average Bonchev–Trinajstić information content (AvgIpc) is 2.15. The summed E-state index contributed by atoms with van der Waals surface area (Å²) in [6.45, 7) is 0. The largest absolute Gasteiger partial charge is 0.505 e. The smallest absolute Gasteiger partial charge is 0.200 e. The van der Waals surface area contributed by atoms with Crippen LogP contribution < -0.4 is 5.73 Å². The van der Waals surface area contributed by atoms with Crippen molar-refractivity contribution in [3.05, 3.63) is 29.3 Å². The normalized spacial score (nSPS) is 12.1. The molecule has 0 aliphatic rings. The lowest BCUT2D eigenvalue weighted by molar-refractivity contribution is 0.401. The molecule has 0 unspecified atom stereocenters. The van der Waals surface area contributed by atoms with Crippen molar-refractivity contribution >= 4 is 0 Å². The van der Waals surface area contributed by atoms with E-state index in [0.717, 1.165) is 12.1 Å². The predicted octanol–water partition coefficient (Wildman–Crippen LogP) is 1.58. The Hall–Kier alpha value is -1.67. The van der Waals surface area contributed by atoms with E-state index in [9.17, 15) is 8.78 Å². The molecule has 0 fully saturated rings. The van der Waals surface area contributed by atoms with Gasteiger partial charge in [0.25, 0.3) is 0 Å². The first-order chi connectivity index (χ1) is 6.57. The van der Waals surface area contributed by atoms with E-state index in [0.29, 0.717) is 0 Å². The van der Waals surface area contributed by atoms with Crippen LogP contribution in [0.2, 0.25) is 0 Å². The fourth-order valence-electron chi connectivity index (χ4n) is 1.05. The van der Waals surface area contributed by atoms with Crippen LogP contribution in [0.15, 0.2) is 12.1 Å². The molecule has 0 bridgehead atoms. The number of nitriles is 1. The molecular weight excluding hydrogens is 190 g/mol. The van der Waals surface area contributed by atoms with E-state index in [1.807, 2.05) is 0 Å². The standard InChI is InChI=1S/C9H8F2N2O/c10-8-5(6(13)3-4-12)1-2-7(14)9(8)11/h1-2,6,14H,3,13H2/t6-/m1/s1. The average molecular weight is 198 g/mol. The second-order valence-electron chi connectivity index (χ2n) is 2.77. The van der Waals surface area contributed by atoms with Gasteiger partial charge in [-0.1, -0.05) is 6.07 Å². The molecule has 0 heterocycles. The molecule has 5 heteroatoms. The fraction of sp³-hybridized carbons (Fsp3) is 0.222. The molecule has 3 N–H and O–H groups in total. The number of phenolic OH excluding ortho intramolecular Hbond substituents is 1. The minimum absolute atomic E-state index is 0.109. The highest BCUT2D eigenvalue weighted by molar-refractivity contribution is 5.31. The van der Waals surface area contributed by atoms with E-state index in [-0.39, 0.29) is 12.0 Å². The maximum Gasteiger partial charge on any atom is 0.200 e. The van der Waals surface area contributed by atoms with Gasteiger partial charge in [-0.2, -0.15) is 9.65 Å². The van der Waals surface area contributed by atoms with Gasteiger partial charge in [0.05, 0.1) is 12.5 Å². The number of nitrogens with two attached hydrogens (primary N) is 1. The zero-order valence-corrected chi connectivity index (χ0v) is 7.17. The molecule has 1 rings (SSSR count). The Balaban J connectivity index is 3.12. The Morgan fingerprint density at radius 2 is 2.07 bits per heavy atom. The first-order valence-corrected chi connectivity index (χ1v) is 3.87. The summed E-state index contributed by atoms with van der Waals surface area (Å²) in [5.41, 5.74) is 5.31. The molecule has 0 aliphatic heterocycles. The van der Waals surface area contributed by atoms with Crippen molar-refractivity contribution in [2.45, 2.75) is 12.5 Å². The first kappa shape index (κ1) is 10.4. The number of phenols is 1. The third-order valence-corrected chi connectivity index (χ3v) is 1.80. The SMILES string of the molecule is N#CC[C@@H](N)c1ccc(O)c(F)c1F. The van der Waals surface area contributed by atoms with Crippen LogP contribution in [0.5, 0.6) is 5.75 Å². The maximum absolute atomic E-state index is 13.1. The van der Waals surface area contributed by atoms with Gasteiger partial charge >= 0.3 is 0 Å². The minimum Gasteiger partial charge on any atom is -0.505 e. The molecule has 0 radical (unpaired) electrons. The lowest BCUT2D eigenvalue weighted by atomic mass is 10.0. The Bertz CT molecular complexity index is 387. The number of hydrogen-bond acceptors (Lipinski definition) is 3. The van der Waals surface area contributed by atoms with Crippen LogP contribution in [0.3, 0.4) is 0 Å². The van der Waals surface area contributed by atoms with Gasteiger partial charge in [-0.3, -0.25) is 0 Å². The summed E-state index contributed by atoms with van der Waals surface area (Å²) >= 11 is 0. The molecule has 1 aromatic rings. The second kappa shape index (κ2) is 4.03. The number of rotatable bonds is 2. The lowest BCUT2D eigenvalue weighted by Crippen LogP contribution is -2.12. The van der Waals surface area contributed by atoms with Gasteiger partial charge in [0.1, 0.15) is 0 Å². The van der Waals surface area contributed by atoms with Crippen molar-refractivity contribution in [2.75, 3.05) is 0 Å². The number of aromatic hydroxyl groups is 1. The van der Waals surface area contributed by atoms with E-state index in [2.05, 4.69) is 0 Å². The van der Waals surface area contributed by atoms with Crippen molar-refractivity contribution < 1.29 is 13.9 Å². The van der Waals surface area contributed by atoms with E-state index in [4.69, 9.17) is 16.1 Å². The molecule has 0 amide bonds. The fourth-order valence-corrected chi connectivity index (χ4v) is 1.05. The van der Waals surface area contributed by atoms with Crippen LogP contribution >= 0.6 is 0 Å². The van der Waals surface area contributed by atoms with Gasteiger partial charge in [-0.05, 0) is 6.07 Å². The van der Waals surface area contributed by atoms with Gasteiger partial charge in [-0.15, -0.1) is 0 Å². The summed E-state index contributed by atoms with van der Waals surface area (Å²) in [7, 11) is 0. The summed E-state index contributed by atoms with van der Waals surface area (Å²) in [6, 6.07) is 3.04.